The van der Waals surface area contributed by atoms with E-state index in [9.17, 15) is 9.59 Å². The monoisotopic (exact) mass is 270 g/mol. The van der Waals surface area contributed by atoms with Crippen LogP contribution in [0.4, 0.5) is 0 Å². The summed E-state index contributed by atoms with van der Waals surface area (Å²) in [6, 6.07) is 0.0983. The normalized spacial score (nSPS) is 18.3. The van der Waals surface area contributed by atoms with E-state index in [1.54, 1.807) is 0 Å². The van der Waals surface area contributed by atoms with Crippen molar-refractivity contribution < 1.29 is 14.7 Å². The first-order valence-electron chi connectivity index (χ1n) is 7.03. The minimum absolute atomic E-state index is 0.0430. The zero-order valence-corrected chi connectivity index (χ0v) is 12.2. The van der Waals surface area contributed by atoms with Crippen molar-refractivity contribution in [3.63, 3.8) is 0 Å². The molecule has 5 heteroatoms. The molecule has 1 aliphatic rings. The van der Waals surface area contributed by atoms with Crippen LogP contribution >= 0.6 is 0 Å². The molecule has 0 spiro atoms. The number of nitrogens with one attached hydrogen (secondary N) is 2. The van der Waals surface area contributed by atoms with Crippen LogP contribution in [-0.2, 0) is 9.59 Å². The van der Waals surface area contributed by atoms with Gasteiger partial charge in [-0.15, -0.1) is 0 Å². The topological polar surface area (TPSA) is 78.4 Å². The van der Waals surface area contributed by atoms with Crippen LogP contribution in [-0.4, -0.2) is 35.6 Å². The first-order chi connectivity index (χ1) is 8.79. The molecule has 1 saturated carbocycles. The molecule has 1 unspecified atom stereocenters. The Kier molecular flexibility index (Phi) is 5.79. The van der Waals surface area contributed by atoms with Crippen LogP contribution in [0.2, 0.25) is 0 Å². The second-order valence-corrected chi connectivity index (χ2v) is 6.45. The van der Waals surface area contributed by atoms with Crippen molar-refractivity contribution in [1.29, 1.82) is 0 Å². The maximum absolute atomic E-state index is 11.9. The van der Waals surface area contributed by atoms with Gasteiger partial charge in [0.2, 0.25) is 5.91 Å². The van der Waals surface area contributed by atoms with Crippen LogP contribution in [0.1, 0.15) is 52.9 Å². The van der Waals surface area contributed by atoms with Crippen LogP contribution in [0.15, 0.2) is 0 Å². The zero-order valence-electron chi connectivity index (χ0n) is 12.2. The van der Waals surface area contributed by atoms with Crippen molar-refractivity contribution in [2.24, 2.45) is 5.41 Å². The molecule has 1 aliphatic carbocycles. The van der Waals surface area contributed by atoms with Crippen molar-refractivity contribution in [2.45, 2.75) is 65.0 Å². The second-order valence-electron chi connectivity index (χ2n) is 6.45. The average molecular weight is 270 g/mol. The van der Waals surface area contributed by atoms with Crippen molar-refractivity contribution in [2.75, 3.05) is 6.54 Å². The van der Waals surface area contributed by atoms with E-state index in [2.05, 4.69) is 10.6 Å². The number of amides is 1. The van der Waals surface area contributed by atoms with Gasteiger partial charge in [-0.1, -0.05) is 33.6 Å². The Morgan fingerprint density at radius 2 is 1.84 bits per heavy atom. The van der Waals surface area contributed by atoms with Gasteiger partial charge in [0, 0.05) is 12.1 Å². The number of rotatable bonds is 6. The third kappa shape index (κ3) is 6.05. The highest BCUT2D eigenvalue weighted by molar-refractivity contribution is 5.79. The summed E-state index contributed by atoms with van der Waals surface area (Å²) in [5.74, 6) is -1.00. The summed E-state index contributed by atoms with van der Waals surface area (Å²) < 4.78 is 0. The number of hydrogen-bond donors (Lipinski definition) is 3. The molecular formula is C14H26N2O3. The van der Waals surface area contributed by atoms with E-state index < -0.39 is 5.97 Å². The lowest BCUT2D eigenvalue weighted by atomic mass is 9.84. The summed E-state index contributed by atoms with van der Waals surface area (Å²) in [4.78, 5) is 22.7. The summed E-state index contributed by atoms with van der Waals surface area (Å²) in [6.07, 6.45) is 4.67. The Balaban J connectivity index is 2.39. The van der Waals surface area contributed by atoms with Gasteiger partial charge in [0.05, 0.1) is 13.0 Å². The lowest BCUT2D eigenvalue weighted by molar-refractivity contribution is -0.138. The fraction of sp³-hybridized carbons (Fsp3) is 0.857. The van der Waals surface area contributed by atoms with Gasteiger partial charge in [0.15, 0.2) is 0 Å². The molecule has 0 heterocycles. The van der Waals surface area contributed by atoms with Gasteiger partial charge in [-0.3, -0.25) is 9.59 Å². The molecule has 5 nitrogen and oxygen atoms in total. The maximum Gasteiger partial charge on any atom is 0.305 e. The molecule has 19 heavy (non-hydrogen) atoms. The molecule has 1 amide bonds. The molecule has 110 valence electrons. The summed E-state index contributed by atoms with van der Waals surface area (Å²) in [5, 5.41) is 15.0. The first-order valence-corrected chi connectivity index (χ1v) is 7.03. The Morgan fingerprint density at radius 3 is 2.32 bits per heavy atom. The van der Waals surface area contributed by atoms with Crippen molar-refractivity contribution in [3.05, 3.63) is 0 Å². The lowest BCUT2D eigenvalue weighted by Crippen LogP contribution is -2.48. The van der Waals surface area contributed by atoms with Crippen molar-refractivity contribution in [1.82, 2.24) is 10.6 Å². The molecule has 3 N–H and O–H groups in total. The fourth-order valence-electron chi connectivity index (χ4n) is 2.36. The van der Waals surface area contributed by atoms with Gasteiger partial charge in [-0.25, -0.2) is 0 Å². The molecule has 0 bridgehead atoms. The molecule has 0 aromatic heterocycles. The molecular weight excluding hydrogens is 244 g/mol. The number of carboxylic acid groups (broad SMARTS) is 1. The van der Waals surface area contributed by atoms with Gasteiger partial charge < -0.3 is 15.7 Å². The summed E-state index contributed by atoms with van der Waals surface area (Å²) in [6.45, 7) is 6.08. The molecule has 1 rings (SSSR count). The van der Waals surface area contributed by atoms with E-state index in [1.165, 1.54) is 12.8 Å². The smallest absolute Gasteiger partial charge is 0.305 e. The average Bonchev–Trinajstić information content (AvgIpc) is 2.76. The minimum atomic E-state index is -0.885. The Hall–Kier alpha value is -1.10. The van der Waals surface area contributed by atoms with Crippen LogP contribution in [0.25, 0.3) is 0 Å². The fourth-order valence-corrected chi connectivity index (χ4v) is 2.36. The number of carboxylic acids is 1. The van der Waals surface area contributed by atoms with Gasteiger partial charge in [0.25, 0.3) is 0 Å². The van der Waals surface area contributed by atoms with Gasteiger partial charge in [-0.2, -0.15) is 0 Å². The van der Waals surface area contributed by atoms with E-state index >= 15 is 0 Å². The van der Waals surface area contributed by atoms with Crippen LogP contribution in [0, 0.1) is 5.41 Å². The van der Waals surface area contributed by atoms with E-state index in [0.717, 1.165) is 12.8 Å². The molecule has 0 aromatic carbocycles. The standard InChI is InChI=1S/C14H26N2O3/c1-14(2,3)11(8-13(18)19)16-12(17)9-15-10-6-4-5-7-10/h10-11,15H,4-9H2,1-3H3,(H,16,17)(H,18,19). The van der Waals surface area contributed by atoms with Crippen LogP contribution in [0.5, 0.6) is 0 Å². The second kappa shape index (κ2) is 6.89. The maximum atomic E-state index is 11.9. The highest BCUT2D eigenvalue weighted by atomic mass is 16.4. The molecule has 0 saturated heterocycles. The lowest BCUT2D eigenvalue weighted by Gasteiger charge is -2.30. The molecule has 0 radical (unpaired) electrons. The van der Waals surface area contributed by atoms with E-state index in [-0.39, 0.29) is 30.3 Å². The molecule has 1 fully saturated rings. The largest absolute Gasteiger partial charge is 0.481 e. The van der Waals surface area contributed by atoms with Gasteiger partial charge >= 0.3 is 5.97 Å². The third-order valence-corrected chi connectivity index (χ3v) is 3.67. The van der Waals surface area contributed by atoms with Crippen LogP contribution in [0.3, 0.4) is 0 Å². The van der Waals surface area contributed by atoms with E-state index in [1.807, 2.05) is 20.8 Å². The van der Waals surface area contributed by atoms with Crippen LogP contribution < -0.4 is 10.6 Å². The zero-order chi connectivity index (χ0) is 14.5. The van der Waals surface area contributed by atoms with Gasteiger partial charge in [-0.05, 0) is 18.3 Å². The number of aliphatic carboxylic acids is 1. The third-order valence-electron chi connectivity index (χ3n) is 3.67. The Labute approximate surface area is 115 Å². The molecule has 0 aromatic rings. The highest BCUT2D eigenvalue weighted by Gasteiger charge is 2.28. The quantitative estimate of drug-likeness (QED) is 0.684. The number of carbonyl (C=O) groups excluding carboxylic acids is 1. The van der Waals surface area contributed by atoms with E-state index in [4.69, 9.17) is 5.11 Å². The first kappa shape index (κ1) is 16.0. The van der Waals surface area contributed by atoms with Crippen molar-refractivity contribution in [3.8, 4) is 0 Å². The van der Waals surface area contributed by atoms with Gasteiger partial charge in [0.1, 0.15) is 0 Å². The number of carbonyl (C=O) groups is 2. The Bertz CT molecular complexity index is 317. The summed E-state index contributed by atoms with van der Waals surface area (Å²) in [7, 11) is 0. The Morgan fingerprint density at radius 1 is 1.26 bits per heavy atom. The number of hydrogen-bond acceptors (Lipinski definition) is 3. The van der Waals surface area contributed by atoms with Crippen molar-refractivity contribution >= 4 is 11.9 Å². The van der Waals surface area contributed by atoms with E-state index in [0.29, 0.717) is 6.04 Å². The predicted molar refractivity (Wildman–Crippen MR) is 73.9 cm³/mol. The summed E-state index contributed by atoms with van der Waals surface area (Å²) in [5.41, 5.74) is -0.262. The highest BCUT2D eigenvalue weighted by Crippen LogP contribution is 2.22. The summed E-state index contributed by atoms with van der Waals surface area (Å²) >= 11 is 0. The minimum Gasteiger partial charge on any atom is -0.481 e. The molecule has 1 atom stereocenters. The molecule has 0 aliphatic heterocycles. The predicted octanol–water partition coefficient (Wildman–Crippen LogP) is 1.52. The SMILES string of the molecule is CC(C)(C)C(CC(=O)O)NC(=O)CNC1CCCC1.